The van der Waals surface area contributed by atoms with Crippen molar-refractivity contribution in [3.63, 3.8) is 0 Å². The van der Waals surface area contributed by atoms with Crippen molar-refractivity contribution < 1.29 is 13.2 Å². The highest BCUT2D eigenvalue weighted by Crippen LogP contribution is 2.31. The molecule has 0 aliphatic heterocycles. The average molecular weight is 201 g/mol. The third kappa shape index (κ3) is 3.64. The lowest BCUT2D eigenvalue weighted by Crippen LogP contribution is -2.23. The Balaban J connectivity index is 4.81. The standard InChI is InChI=1S/C6H8ClF3N2/c1-4(7)5(3-12(2)11)6(8,9)10/h3H,1,11H2,2H3/b5-3+. The van der Waals surface area contributed by atoms with Crippen LogP contribution in [0.15, 0.2) is 23.4 Å². The highest BCUT2D eigenvalue weighted by atomic mass is 35.5. The van der Waals surface area contributed by atoms with E-state index in [0.29, 0.717) is 6.20 Å². The molecule has 0 spiro atoms. The first-order chi connectivity index (χ1) is 5.25. The minimum Gasteiger partial charge on any atom is -0.321 e. The SMILES string of the molecule is C=C(Cl)/C(=C\N(C)N)C(F)(F)F. The van der Waals surface area contributed by atoms with Crippen LogP contribution in [0, 0.1) is 0 Å². The van der Waals surface area contributed by atoms with Gasteiger partial charge in [-0.1, -0.05) is 18.2 Å². The van der Waals surface area contributed by atoms with Crippen LogP contribution in [-0.2, 0) is 0 Å². The van der Waals surface area contributed by atoms with Crippen molar-refractivity contribution in [3.8, 4) is 0 Å². The molecule has 0 saturated carbocycles. The summed E-state index contributed by atoms with van der Waals surface area (Å²) in [7, 11) is 1.26. The number of rotatable bonds is 2. The van der Waals surface area contributed by atoms with E-state index in [2.05, 4.69) is 6.58 Å². The number of hydrogen-bond acceptors (Lipinski definition) is 2. The smallest absolute Gasteiger partial charge is 0.321 e. The first kappa shape index (κ1) is 11.3. The lowest BCUT2D eigenvalue weighted by molar-refractivity contribution is -0.0896. The van der Waals surface area contributed by atoms with Gasteiger partial charge in [-0.05, 0) is 0 Å². The van der Waals surface area contributed by atoms with Crippen molar-refractivity contribution in [2.24, 2.45) is 5.84 Å². The molecule has 6 heteroatoms. The molecule has 0 unspecified atom stereocenters. The Bertz CT molecular complexity index is 207. The van der Waals surface area contributed by atoms with Gasteiger partial charge in [-0.15, -0.1) is 0 Å². The van der Waals surface area contributed by atoms with Gasteiger partial charge >= 0.3 is 6.18 Å². The van der Waals surface area contributed by atoms with Gasteiger partial charge < -0.3 is 5.01 Å². The maximum atomic E-state index is 12.0. The van der Waals surface area contributed by atoms with Gasteiger partial charge in [-0.2, -0.15) is 13.2 Å². The molecular weight excluding hydrogens is 193 g/mol. The Hall–Kier alpha value is -0.680. The van der Waals surface area contributed by atoms with Crippen molar-refractivity contribution in [1.29, 1.82) is 0 Å². The fourth-order valence-corrected chi connectivity index (χ4v) is 0.657. The molecule has 0 aromatic rings. The predicted octanol–water partition coefficient (Wildman–Crippen LogP) is 1.99. The Kier molecular flexibility index (Phi) is 3.60. The van der Waals surface area contributed by atoms with Crippen LogP contribution in [0.25, 0.3) is 0 Å². The molecule has 0 rings (SSSR count). The van der Waals surface area contributed by atoms with Gasteiger partial charge in [0.25, 0.3) is 0 Å². The lowest BCUT2D eigenvalue weighted by Gasteiger charge is -2.13. The number of alkyl halides is 3. The summed E-state index contributed by atoms with van der Waals surface area (Å²) < 4.78 is 36.1. The molecular formula is C6H8ClF3N2. The van der Waals surface area contributed by atoms with Gasteiger partial charge in [0.2, 0.25) is 0 Å². The van der Waals surface area contributed by atoms with E-state index in [9.17, 15) is 13.2 Å². The fourth-order valence-electron chi connectivity index (χ4n) is 0.501. The maximum absolute atomic E-state index is 12.0. The van der Waals surface area contributed by atoms with Gasteiger partial charge in [-0.3, -0.25) is 0 Å². The fraction of sp³-hybridized carbons (Fsp3) is 0.333. The third-order valence-corrected chi connectivity index (χ3v) is 1.13. The Morgan fingerprint density at radius 2 is 2.00 bits per heavy atom. The zero-order valence-electron chi connectivity index (χ0n) is 6.32. The zero-order chi connectivity index (χ0) is 9.94. The molecule has 0 fully saturated rings. The molecule has 2 N–H and O–H groups in total. The Morgan fingerprint density at radius 3 is 2.08 bits per heavy atom. The molecule has 0 amide bonds. The Morgan fingerprint density at radius 1 is 1.58 bits per heavy atom. The summed E-state index contributed by atoms with van der Waals surface area (Å²) in [6.45, 7) is 2.97. The van der Waals surface area contributed by atoms with E-state index in [4.69, 9.17) is 17.4 Å². The monoisotopic (exact) mass is 200 g/mol. The predicted molar refractivity (Wildman–Crippen MR) is 41.1 cm³/mol. The Labute approximate surface area is 73.1 Å². The van der Waals surface area contributed by atoms with E-state index in [1.807, 2.05) is 0 Å². The minimum absolute atomic E-state index is 0.584. The van der Waals surface area contributed by atoms with Gasteiger partial charge in [-0.25, -0.2) is 5.84 Å². The molecule has 0 aromatic carbocycles. The molecule has 0 saturated heterocycles. The molecule has 2 nitrogen and oxygen atoms in total. The van der Waals surface area contributed by atoms with E-state index >= 15 is 0 Å². The van der Waals surface area contributed by atoms with E-state index in [0.717, 1.165) is 5.01 Å². The van der Waals surface area contributed by atoms with Gasteiger partial charge in [0.1, 0.15) is 0 Å². The van der Waals surface area contributed by atoms with E-state index in [-0.39, 0.29) is 0 Å². The molecule has 12 heavy (non-hydrogen) atoms. The third-order valence-electron chi connectivity index (χ3n) is 0.930. The van der Waals surface area contributed by atoms with Crippen molar-refractivity contribution in [3.05, 3.63) is 23.4 Å². The molecule has 0 aliphatic carbocycles. The van der Waals surface area contributed by atoms with E-state index < -0.39 is 16.8 Å². The highest BCUT2D eigenvalue weighted by molar-refractivity contribution is 6.31. The van der Waals surface area contributed by atoms with Crippen LogP contribution in [0.2, 0.25) is 0 Å². The molecule has 0 bridgehead atoms. The molecule has 0 radical (unpaired) electrons. The summed E-state index contributed by atoms with van der Waals surface area (Å²) in [6.07, 6.45) is -3.86. The van der Waals surface area contributed by atoms with Crippen LogP contribution in [0.4, 0.5) is 13.2 Å². The summed E-state index contributed by atoms with van der Waals surface area (Å²) >= 11 is 5.11. The normalized spacial score (nSPS) is 13.0. The second-order valence-electron chi connectivity index (χ2n) is 2.11. The molecule has 0 aromatic heterocycles. The summed E-state index contributed by atoms with van der Waals surface area (Å²) in [5.74, 6) is 4.98. The number of nitrogens with zero attached hydrogens (tertiary/aromatic N) is 1. The molecule has 70 valence electrons. The van der Waals surface area contributed by atoms with Gasteiger partial charge in [0.05, 0.1) is 5.57 Å². The van der Waals surface area contributed by atoms with Crippen LogP contribution in [0.1, 0.15) is 0 Å². The topological polar surface area (TPSA) is 29.3 Å². The second-order valence-corrected chi connectivity index (χ2v) is 2.57. The van der Waals surface area contributed by atoms with Crippen molar-refractivity contribution >= 4 is 11.6 Å². The van der Waals surface area contributed by atoms with Crippen LogP contribution in [0.3, 0.4) is 0 Å². The van der Waals surface area contributed by atoms with E-state index in [1.54, 1.807) is 0 Å². The quantitative estimate of drug-likeness (QED) is 0.420. The van der Waals surface area contributed by atoms with Gasteiger partial charge in [0.15, 0.2) is 0 Å². The average Bonchev–Trinajstić information content (AvgIpc) is 1.79. The van der Waals surface area contributed by atoms with Crippen LogP contribution < -0.4 is 5.84 Å². The summed E-state index contributed by atoms with van der Waals surface area (Å²) in [6, 6.07) is 0. The second kappa shape index (κ2) is 3.82. The van der Waals surface area contributed by atoms with Crippen molar-refractivity contribution in [2.45, 2.75) is 6.18 Å². The lowest BCUT2D eigenvalue weighted by atomic mass is 10.3. The zero-order valence-corrected chi connectivity index (χ0v) is 7.08. The van der Waals surface area contributed by atoms with Crippen molar-refractivity contribution in [1.82, 2.24) is 5.01 Å². The molecule has 0 atom stereocenters. The first-order valence-electron chi connectivity index (χ1n) is 2.86. The summed E-state index contributed by atoms with van der Waals surface area (Å²) in [5, 5.41) is 0.177. The van der Waals surface area contributed by atoms with E-state index in [1.165, 1.54) is 7.05 Å². The number of hydrazine groups is 1. The minimum atomic E-state index is -4.52. The largest absolute Gasteiger partial charge is 0.419 e. The van der Waals surface area contributed by atoms with Crippen LogP contribution in [0.5, 0.6) is 0 Å². The number of nitrogens with two attached hydrogens (primary N) is 1. The summed E-state index contributed by atoms with van der Waals surface area (Å²) in [5.41, 5.74) is -1.05. The summed E-state index contributed by atoms with van der Waals surface area (Å²) in [4.78, 5) is 0. The molecule has 0 aliphatic rings. The van der Waals surface area contributed by atoms with Crippen LogP contribution >= 0.6 is 11.6 Å². The number of hydrogen-bond donors (Lipinski definition) is 1. The first-order valence-corrected chi connectivity index (χ1v) is 3.24. The maximum Gasteiger partial charge on any atom is 0.419 e. The highest BCUT2D eigenvalue weighted by Gasteiger charge is 2.35. The van der Waals surface area contributed by atoms with Gasteiger partial charge in [0, 0.05) is 18.3 Å². The molecule has 0 heterocycles. The van der Waals surface area contributed by atoms with Crippen molar-refractivity contribution in [2.75, 3.05) is 7.05 Å². The van der Waals surface area contributed by atoms with Crippen LogP contribution in [-0.4, -0.2) is 18.2 Å². The number of allylic oxidation sites excluding steroid dienone is 2. The number of halogens is 4.